The molecule has 0 aliphatic carbocycles. The molecular formula is C26H29N3O5. The summed E-state index contributed by atoms with van der Waals surface area (Å²) >= 11 is 0. The zero-order valence-corrected chi connectivity index (χ0v) is 19.8. The Labute approximate surface area is 198 Å². The van der Waals surface area contributed by atoms with Gasteiger partial charge in [0.05, 0.1) is 27.9 Å². The van der Waals surface area contributed by atoms with E-state index in [2.05, 4.69) is 5.16 Å². The predicted octanol–water partition coefficient (Wildman–Crippen LogP) is 3.84. The van der Waals surface area contributed by atoms with E-state index in [9.17, 15) is 19.6 Å². The Morgan fingerprint density at radius 1 is 0.941 bits per heavy atom. The van der Waals surface area contributed by atoms with E-state index in [0.717, 1.165) is 10.5 Å². The fraction of sp³-hybridized carbons (Fsp3) is 0.385. The van der Waals surface area contributed by atoms with Gasteiger partial charge in [-0.05, 0) is 45.4 Å². The number of hydrogen-bond acceptors (Lipinski definition) is 7. The van der Waals surface area contributed by atoms with Crippen LogP contribution in [0.2, 0.25) is 0 Å². The number of amides is 2. The monoisotopic (exact) mass is 463 g/mol. The molecule has 1 saturated heterocycles. The van der Waals surface area contributed by atoms with E-state index in [-0.39, 0.29) is 17.5 Å². The van der Waals surface area contributed by atoms with Gasteiger partial charge in [0.25, 0.3) is 11.8 Å². The largest absolute Gasteiger partial charge is 0.411 e. The summed E-state index contributed by atoms with van der Waals surface area (Å²) in [6.07, 6.45) is 0.927. The molecule has 0 spiro atoms. The van der Waals surface area contributed by atoms with Gasteiger partial charge in [0, 0.05) is 19.3 Å². The number of carbonyl (C=O) groups is 3. The molecule has 0 unspecified atom stereocenters. The molecule has 178 valence electrons. The van der Waals surface area contributed by atoms with Crippen LogP contribution in [0.1, 0.15) is 66.8 Å². The molecule has 2 aliphatic heterocycles. The van der Waals surface area contributed by atoms with Crippen LogP contribution in [0.15, 0.2) is 59.8 Å². The van der Waals surface area contributed by atoms with Crippen molar-refractivity contribution in [1.82, 2.24) is 9.96 Å². The maximum Gasteiger partial charge on any atom is 0.348 e. The van der Waals surface area contributed by atoms with Crippen LogP contribution in [0.25, 0.3) is 0 Å². The number of piperidine rings is 1. The maximum atomic E-state index is 13.7. The Morgan fingerprint density at radius 2 is 1.44 bits per heavy atom. The molecule has 1 fully saturated rings. The number of fused-ring (bicyclic) bond motifs is 1. The minimum Gasteiger partial charge on any atom is -0.411 e. The van der Waals surface area contributed by atoms with Crippen molar-refractivity contribution in [1.29, 1.82) is 0 Å². The van der Waals surface area contributed by atoms with Gasteiger partial charge in [-0.2, -0.15) is 0 Å². The second-order valence-corrected chi connectivity index (χ2v) is 10.1. The van der Waals surface area contributed by atoms with E-state index >= 15 is 0 Å². The van der Waals surface area contributed by atoms with Gasteiger partial charge in [0.15, 0.2) is 0 Å². The normalized spacial score (nSPS) is 20.1. The first-order chi connectivity index (χ1) is 16.0. The van der Waals surface area contributed by atoms with Gasteiger partial charge in [-0.1, -0.05) is 47.6 Å². The van der Waals surface area contributed by atoms with Crippen LogP contribution >= 0.6 is 0 Å². The van der Waals surface area contributed by atoms with Crippen molar-refractivity contribution in [3.05, 3.63) is 71.3 Å². The van der Waals surface area contributed by atoms with Crippen LogP contribution in [0.5, 0.6) is 0 Å². The smallest absolute Gasteiger partial charge is 0.348 e. The molecular weight excluding hydrogens is 434 g/mol. The van der Waals surface area contributed by atoms with Gasteiger partial charge >= 0.3 is 5.97 Å². The first-order valence-corrected chi connectivity index (χ1v) is 11.3. The van der Waals surface area contributed by atoms with Crippen molar-refractivity contribution in [2.45, 2.75) is 64.1 Å². The third-order valence-corrected chi connectivity index (χ3v) is 6.38. The van der Waals surface area contributed by atoms with Crippen LogP contribution in [0.4, 0.5) is 0 Å². The average Bonchev–Trinajstić information content (AvgIpc) is 3.05. The summed E-state index contributed by atoms with van der Waals surface area (Å²) in [5.74, 6) is -1.71. The summed E-state index contributed by atoms with van der Waals surface area (Å²) in [5.41, 5.74) is 0.634. The van der Waals surface area contributed by atoms with E-state index in [1.54, 1.807) is 29.3 Å². The predicted molar refractivity (Wildman–Crippen MR) is 125 cm³/mol. The topological polar surface area (TPSA) is 99.5 Å². The highest BCUT2D eigenvalue weighted by molar-refractivity contribution is 6.22. The lowest BCUT2D eigenvalue weighted by Crippen LogP contribution is -2.62. The second-order valence-electron chi connectivity index (χ2n) is 10.1. The van der Waals surface area contributed by atoms with Crippen molar-refractivity contribution in [2.75, 3.05) is 0 Å². The summed E-state index contributed by atoms with van der Waals surface area (Å²) < 4.78 is 0. The maximum absolute atomic E-state index is 13.7. The lowest BCUT2D eigenvalue weighted by atomic mass is 9.81. The molecule has 1 atom stereocenters. The lowest BCUT2D eigenvalue weighted by Gasteiger charge is -2.50. The minimum atomic E-state index is -1.14. The van der Waals surface area contributed by atoms with E-state index in [1.165, 1.54) is 0 Å². The Kier molecular flexibility index (Phi) is 6.03. The Hall–Kier alpha value is -3.52. The second kappa shape index (κ2) is 8.68. The summed E-state index contributed by atoms with van der Waals surface area (Å²) in [7, 11) is 0. The van der Waals surface area contributed by atoms with Crippen molar-refractivity contribution in [3.8, 4) is 0 Å². The first-order valence-electron chi connectivity index (χ1n) is 11.3. The SMILES string of the molecule is CC1(C)CC(=NO)CC(C)(C)N1OC(=O)[C@@H](Cc1ccccc1)N1C(=O)c2ccccc2C1=O. The van der Waals surface area contributed by atoms with Crippen LogP contribution in [0.3, 0.4) is 0 Å². The summed E-state index contributed by atoms with van der Waals surface area (Å²) in [6, 6.07) is 14.6. The van der Waals surface area contributed by atoms with Gasteiger partial charge < -0.3 is 10.0 Å². The molecule has 0 saturated carbocycles. The standard InChI is InChI=1S/C26H29N3O5/c1-25(2)15-18(27-33)16-26(3,4)29(25)34-24(32)21(14-17-10-6-5-7-11-17)28-22(30)19-12-8-9-13-20(19)23(28)31/h5-13,21,33H,14-16H2,1-4H3/t21-/m1/s1. The number of nitrogens with zero attached hydrogens (tertiary/aromatic N) is 3. The van der Waals surface area contributed by atoms with Gasteiger partial charge in [0.1, 0.15) is 6.04 Å². The van der Waals surface area contributed by atoms with Crippen LogP contribution in [0, 0.1) is 0 Å². The molecule has 4 rings (SSSR count). The van der Waals surface area contributed by atoms with Crippen molar-refractivity contribution >= 4 is 23.5 Å². The molecule has 2 heterocycles. The molecule has 0 bridgehead atoms. The number of hydrogen-bond donors (Lipinski definition) is 1. The highest BCUT2D eigenvalue weighted by atomic mass is 16.7. The van der Waals surface area contributed by atoms with Crippen molar-refractivity contribution in [2.24, 2.45) is 5.16 Å². The molecule has 8 nitrogen and oxygen atoms in total. The number of imide groups is 1. The van der Waals surface area contributed by atoms with Gasteiger partial charge in [-0.25, -0.2) is 4.79 Å². The molecule has 2 aromatic carbocycles. The summed E-state index contributed by atoms with van der Waals surface area (Å²) in [5, 5.41) is 14.3. The van der Waals surface area contributed by atoms with Crippen LogP contribution < -0.4 is 0 Å². The highest BCUT2D eigenvalue weighted by Crippen LogP contribution is 2.38. The Morgan fingerprint density at radius 3 is 1.94 bits per heavy atom. The number of oxime groups is 1. The van der Waals surface area contributed by atoms with E-state index in [4.69, 9.17) is 4.84 Å². The van der Waals surface area contributed by atoms with Gasteiger partial charge in [-0.3, -0.25) is 14.5 Å². The number of hydroxylamine groups is 2. The fourth-order valence-corrected chi connectivity index (χ4v) is 5.10. The van der Waals surface area contributed by atoms with Crippen molar-refractivity contribution in [3.63, 3.8) is 0 Å². The van der Waals surface area contributed by atoms with E-state index in [1.807, 2.05) is 58.0 Å². The highest BCUT2D eigenvalue weighted by Gasteiger charge is 2.50. The van der Waals surface area contributed by atoms with Gasteiger partial charge in [-0.15, -0.1) is 5.06 Å². The quantitative estimate of drug-likeness (QED) is 0.411. The molecule has 8 heteroatoms. The third-order valence-electron chi connectivity index (χ3n) is 6.38. The lowest BCUT2D eigenvalue weighted by molar-refractivity contribution is -0.258. The summed E-state index contributed by atoms with van der Waals surface area (Å²) in [4.78, 5) is 47.1. The summed E-state index contributed by atoms with van der Waals surface area (Å²) in [6.45, 7) is 7.56. The molecule has 2 aliphatic rings. The minimum absolute atomic E-state index is 0.128. The van der Waals surface area contributed by atoms with E-state index in [0.29, 0.717) is 18.6 Å². The van der Waals surface area contributed by atoms with Crippen molar-refractivity contribution < 1.29 is 24.4 Å². The zero-order chi connectivity index (χ0) is 24.7. The van der Waals surface area contributed by atoms with Gasteiger partial charge in [0.2, 0.25) is 0 Å². The molecule has 0 aromatic heterocycles. The Bertz CT molecular complexity index is 1100. The Balaban J connectivity index is 1.68. The number of benzene rings is 2. The fourth-order valence-electron chi connectivity index (χ4n) is 5.10. The van der Waals surface area contributed by atoms with Crippen LogP contribution in [-0.4, -0.2) is 55.8 Å². The first kappa shape index (κ1) is 23.6. The molecule has 2 aromatic rings. The average molecular weight is 464 g/mol. The zero-order valence-electron chi connectivity index (χ0n) is 19.8. The van der Waals surface area contributed by atoms with Crippen LogP contribution in [-0.2, 0) is 16.1 Å². The molecule has 2 amide bonds. The molecule has 1 N–H and O–H groups in total. The third kappa shape index (κ3) is 4.21. The van der Waals surface area contributed by atoms with E-state index < -0.39 is 34.9 Å². The number of carbonyl (C=O) groups excluding carboxylic acids is 3. The molecule has 34 heavy (non-hydrogen) atoms. The molecule has 0 radical (unpaired) electrons. The number of rotatable bonds is 5.